The largest absolute Gasteiger partial charge is 0.330 e. The minimum atomic E-state index is 0.655. The Bertz CT molecular complexity index is 769. The molecule has 2 heteroatoms. The molecule has 1 unspecified atom stereocenters. The Morgan fingerprint density at radius 3 is 2.30 bits per heavy atom. The minimum absolute atomic E-state index is 0.655. The fourth-order valence-corrected chi connectivity index (χ4v) is 8.19. The number of hydrogen-bond donors (Lipinski definition) is 1. The number of benzene rings is 1. The summed E-state index contributed by atoms with van der Waals surface area (Å²) >= 11 is 6.82. The highest BCUT2D eigenvalue weighted by Crippen LogP contribution is 2.60. The first-order valence-electron chi connectivity index (χ1n) is 12.7. The summed E-state index contributed by atoms with van der Waals surface area (Å²) in [4.78, 5) is 0. The van der Waals surface area contributed by atoms with Gasteiger partial charge in [0.15, 0.2) is 0 Å². The van der Waals surface area contributed by atoms with E-state index in [9.17, 15) is 0 Å². The molecule has 5 aliphatic rings. The Morgan fingerprint density at radius 1 is 0.967 bits per heavy atom. The molecule has 0 radical (unpaired) electrons. The zero-order valence-corrected chi connectivity index (χ0v) is 19.2. The van der Waals surface area contributed by atoms with E-state index < -0.39 is 0 Å². The summed E-state index contributed by atoms with van der Waals surface area (Å²) in [7, 11) is 0. The Balaban J connectivity index is 1.21. The Labute approximate surface area is 188 Å². The van der Waals surface area contributed by atoms with Gasteiger partial charge in [0, 0.05) is 17.0 Å². The molecular weight excluding hydrogens is 386 g/mol. The van der Waals surface area contributed by atoms with Crippen molar-refractivity contribution in [2.24, 2.45) is 41.2 Å². The fraction of sp³-hybridized carbons (Fsp3) is 0.714. The first-order valence-corrected chi connectivity index (χ1v) is 13.1. The molecular formula is C28H38ClN. The SMILES string of the molecule is NCC(CCC#Cc1ccc(C2C3CC4CC(C3)CC2C4)c(Cl)c1)C1CCCCC1. The van der Waals surface area contributed by atoms with Crippen molar-refractivity contribution in [1.82, 2.24) is 0 Å². The van der Waals surface area contributed by atoms with E-state index in [0.29, 0.717) is 11.8 Å². The molecule has 1 atom stereocenters. The van der Waals surface area contributed by atoms with Crippen LogP contribution >= 0.6 is 11.6 Å². The van der Waals surface area contributed by atoms with Gasteiger partial charge in [-0.1, -0.05) is 61.6 Å². The van der Waals surface area contributed by atoms with Crippen LogP contribution in [0.3, 0.4) is 0 Å². The van der Waals surface area contributed by atoms with Gasteiger partial charge < -0.3 is 5.73 Å². The molecule has 0 amide bonds. The van der Waals surface area contributed by atoms with E-state index in [-0.39, 0.29) is 0 Å². The van der Waals surface area contributed by atoms with Crippen molar-refractivity contribution >= 4 is 11.6 Å². The summed E-state index contributed by atoms with van der Waals surface area (Å²) in [5.41, 5.74) is 8.58. The van der Waals surface area contributed by atoms with Crippen LogP contribution in [0.15, 0.2) is 18.2 Å². The molecule has 5 fully saturated rings. The first kappa shape index (κ1) is 20.9. The summed E-state index contributed by atoms with van der Waals surface area (Å²) in [6, 6.07) is 6.67. The summed E-state index contributed by atoms with van der Waals surface area (Å²) in [5, 5.41) is 0.960. The van der Waals surface area contributed by atoms with Crippen molar-refractivity contribution < 1.29 is 0 Å². The van der Waals surface area contributed by atoms with Crippen molar-refractivity contribution in [2.45, 2.75) is 83.0 Å². The second-order valence-electron chi connectivity index (χ2n) is 10.9. The predicted molar refractivity (Wildman–Crippen MR) is 126 cm³/mol. The lowest BCUT2D eigenvalue weighted by Gasteiger charge is -2.54. The second kappa shape index (κ2) is 9.26. The van der Waals surface area contributed by atoms with E-state index in [1.165, 1.54) is 69.8 Å². The van der Waals surface area contributed by atoms with Crippen molar-refractivity contribution in [3.05, 3.63) is 34.3 Å². The molecule has 1 aromatic carbocycles. The number of nitrogens with two attached hydrogens (primary N) is 1. The van der Waals surface area contributed by atoms with Crippen LogP contribution in [0.5, 0.6) is 0 Å². The lowest BCUT2D eigenvalue weighted by Crippen LogP contribution is -2.43. The molecule has 6 rings (SSSR count). The number of halogens is 1. The maximum atomic E-state index is 6.82. The van der Waals surface area contributed by atoms with Crippen LogP contribution in [0.4, 0.5) is 0 Å². The third-order valence-corrected chi connectivity index (χ3v) is 9.41. The van der Waals surface area contributed by atoms with Crippen LogP contribution in [0, 0.1) is 47.3 Å². The number of hydrogen-bond acceptors (Lipinski definition) is 1. The molecule has 0 spiro atoms. The molecule has 1 aromatic rings. The van der Waals surface area contributed by atoms with Crippen molar-refractivity contribution in [3.63, 3.8) is 0 Å². The van der Waals surface area contributed by atoms with Crippen LogP contribution in [0.1, 0.15) is 94.1 Å². The molecule has 5 aliphatic carbocycles. The summed E-state index contributed by atoms with van der Waals surface area (Å²) in [6.07, 6.45) is 16.3. The molecule has 30 heavy (non-hydrogen) atoms. The smallest absolute Gasteiger partial charge is 0.0453 e. The monoisotopic (exact) mass is 423 g/mol. The van der Waals surface area contributed by atoms with E-state index in [0.717, 1.165) is 59.6 Å². The van der Waals surface area contributed by atoms with Crippen molar-refractivity contribution in [2.75, 3.05) is 6.54 Å². The van der Waals surface area contributed by atoms with Crippen molar-refractivity contribution in [3.8, 4) is 11.8 Å². The third-order valence-electron chi connectivity index (χ3n) is 9.08. The van der Waals surface area contributed by atoms with Gasteiger partial charge in [0.25, 0.3) is 0 Å². The van der Waals surface area contributed by atoms with Gasteiger partial charge in [-0.2, -0.15) is 0 Å². The molecule has 0 aromatic heterocycles. The van der Waals surface area contributed by atoms with E-state index in [4.69, 9.17) is 17.3 Å². The van der Waals surface area contributed by atoms with Gasteiger partial charge in [-0.05, 0) is 104 Å². The van der Waals surface area contributed by atoms with Crippen LogP contribution in [-0.2, 0) is 0 Å². The molecule has 4 bridgehead atoms. The van der Waals surface area contributed by atoms with Crippen LogP contribution in [-0.4, -0.2) is 6.54 Å². The highest BCUT2D eigenvalue weighted by molar-refractivity contribution is 6.31. The van der Waals surface area contributed by atoms with Crippen LogP contribution in [0.25, 0.3) is 0 Å². The van der Waals surface area contributed by atoms with Gasteiger partial charge in [-0.25, -0.2) is 0 Å². The average Bonchev–Trinajstić information content (AvgIpc) is 2.75. The summed E-state index contributed by atoms with van der Waals surface area (Å²) in [6.45, 7) is 0.818. The molecule has 0 aliphatic heterocycles. The lowest BCUT2D eigenvalue weighted by atomic mass is 9.51. The Kier molecular flexibility index (Phi) is 6.45. The maximum Gasteiger partial charge on any atom is 0.0453 e. The maximum absolute atomic E-state index is 6.82. The van der Waals surface area contributed by atoms with Gasteiger partial charge >= 0.3 is 0 Å². The Morgan fingerprint density at radius 2 is 1.67 bits per heavy atom. The fourth-order valence-electron chi connectivity index (χ4n) is 7.88. The van der Waals surface area contributed by atoms with Gasteiger partial charge in [0.2, 0.25) is 0 Å². The predicted octanol–water partition coefficient (Wildman–Crippen LogP) is 7.17. The number of rotatable bonds is 5. The van der Waals surface area contributed by atoms with Gasteiger partial charge in [0.1, 0.15) is 0 Å². The van der Waals surface area contributed by atoms with Gasteiger partial charge in [0.05, 0.1) is 0 Å². The molecule has 1 nitrogen and oxygen atoms in total. The molecule has 5 saturated carbocycles. The van der Waals surface area contributed by atoms with Crippen LogP contribution < -0.4 is 5.73 Å². The average molecular weight is 424 g/mol. The van der Waals surface area contributed by atoms with E-state index in [1.807, 2.05) is 0 Å². The summed E-state index contributed by atoms with van der Waals surface area (Å²) in [5.74, 6) is 12.8. The van der Waals surface area contributed by atoms with E-state index in [1.54, 1.807) is 0 Å². The van der Waals surface area contributed by atoms with Crippen molar-refractivity contribution in [1.29, 1.82) is 0 Å². The minimum Gasteiger partial charge on any atom is -0.330 e. The third kappa shape index (κ3) is 4.33. The Hall–Kier alpha value is -0.970. The zero-order valence-electron chi connectivity index (χ0n) is 18.4. The van der Waals surface area contributed by atoms with Crippen LogP contribution in [0.2, 0.25) is 5.02 Å². The lowest BCUT2D eigenvalue weighted by molar-refractivity contribution is -0.00275. The molecule has 0 saturated heterocycles. The quantitative estimate of drug-likeness (QED) is 0.499. The highest BCUT2D eigenvalue weighted by atomic mass is 35.5. The van der Waals surface area contributed by atoms with Gasteiger partial charge in [-0.3, -0.25) is 0 Å². The molecule has 0 heterocycles. The first-order chi connectivity index (χ1) is 14.7. The van der Waals surface area contributed by atoms with Gasteiger partial charge in [-0.15, -0.1) is 0 Å². The van der Waals surface area contributed by atoms with E-state index in [2.05, 4.69) is 30.0 Å². The normalized spacial score (nSPS) is 33.9. The zero-order chi connectivity index (χ0) is 20.5. The standard InChI is InChI=1S/C28H38ClN/c29-27-17-19(6-4-5-9-23(18-30)22-7-2-1-3-8-22)10-11-26(27)28-24-13-20-12-21(15-24)16-25(28)14-20/h10-11,17,20-25,28H,1-3,5,7-9,12-16,18,30H2. The highest BCUT2D eigenvalue weighted by Gasteiger charge is 2.48. The topological polar surface area (TPSA) is 26.0 Å². The molecule has 2 N–H and O–H groups in total. The van der Waals surface area contributed by atoms with E-state index >= 15 is 0 Å². The summed E-state index contributed by atoms with van der Waals surface area (Å²) < 4.78 is 0. The molecule has 162 valence electrons. The second-order valence-corrected chi connectivity index (χ2v) is 11.3.